The number of likely N-dealkylation sites (N-methyl/N-ethyl adjacent to an activating group) is 1. The minimum atomic E-state index is -0.487. The van der Waals surface area contributed by atoms with E-state index in [0.717, 1.165) is 0 Å². The van der Waals surface area contributed by atoms with E-state index in [4.69, 9.17) is 4.52 Å². The molecule has 0 atom stereocenters. The van der Waals surface area contributed by atoms with Gasteiger partial charge in [-0.15, -0.1) is 0 Å². The van der Waals surface area contributed by atoms with Crippen LogP contribution >= 0.6 is 0 Å². The Balaban J connectivity index is 2.02. The van der Waals surface area contributed by atoms with Gasteiger partial charge in [0.05, 0.1) is 11.5 Å². The summed E-state index contributed by atoms with van der Waals surface area (Å²) >= 11 is 0. The first-order valence-electron chi connectivity index (χ1n) is 6.19. The second-order valence-corrected chi connectivity index (χ2v) is 4.03. The Kier molecular flexibility index (Phi) is 4.44. The zero-order valence-corrected chi connectivity index (χ0v) is 11.2. The molecule has 1 amide bonds. The first-order valence-corrected chi connectivity index (χ1v) is 6.19. The van der Waals surface area contributed by atoms with Crippen molar-refractivity contribution < 1.29 is 14.2 Å². The third-order valence-corrected chi connectivity index (χ3v) is 2.54. The van der Waals surface area contributed by atoms with Gasteiger partial charge in [-0.25, -0.2) is 0 Å². The first-order chi connectivity index (χ1) is 10.1. The smallest absolute Gasteiger partial charge is 0.322 e. The molecule has 0 unspecified atom stereocenters. The highest BCUT2D eigenvalue weighted by Gasteiger charge is 2.11. The highest BCUT2D eigenvalue weighted by molar-refractivity contribution is 5.80. The van der Waals surface area contributed by atoms with E-state index in [2.05, 4.69) is 20.8 Å². The summed E-state index contributed by atoms with van der Waals surface area (Å²) in [5.41, 5.74) is 0.562. The Labute approximate surface area is 119 Å². The van der Waals surface area contributed by atoms with Crippen molar-refractivity contribution in [1.82, 2.24) is 15.5 Å². The number of aromatic nitrogens is 2. The van der Waals surface area contributed by atoms with E-state index in [-0.39, 0.29) is 30.0 Å². The quantitative estimate of drug-likeness (QED) is 0.605. The average molecular weight is 291 g/mol. The summed E-state index contributed by atoms with van der Waals surface area (Å²) in [5, 5.41) is 19.6. The van der Waals surface area contributed by atoms with Gasteiger partial charge in [-0.2, -0.15) is 4.98 Å². The fraction of sp³-hybridized carbons (Fsp3) is 0.250. The molecule has 0 spiro atoms. The van der Waals surface area contributed by atoms with Gasteiger partial charge in [-0.05, 0) is 19.1 Å². The molecule has 110 valence electrons. The number of nitrogens with one attached hydrogen (secondary N) is 2. The zero-order chi connectivity index (χ0) is 15.2. The summed E-state index contributed by atoms with van der Waals surface area (Å²) < 4.78 is 4.94. The van der Waals surface area contributed by atoms with E-state index in [9.17, 15) is 14.9 Å². The molecular weight excluding hydrogens is 278 g/mol. The number of nitro groups is 1. The molecule has 0 radical (unpaired) electrons. The summed E-state index contributed by atoms with van der Waals surface area (Å²) in [6, 6.07) is 5.86. The fourth-order valence-electron chi connectivity index (χ4n) is 1.56. The second-order valence-electron chi connectivity index (χ2n) is 4.03. The van der Waals surface area contributed by atoms with Gasteiger partial charge in [0.2, 0.25) is 11.7 Å². The van der Waals surface area contributed by atoms with Crippen LogP contribution in [-0.4, -0.2) is 34.1 Å². The number of hydrogen-bond acceptors (Lipinski definition) is 7. The van der Waals surface area contributed by atoms with Crippen LogP contribution in [0.1, 0.15) is 6.92 Å². The molecule has 0 aliphatic heterocycles. The van der Waals surface area contributed by atoms with Gasteiger partial charge in [-0.3, -0.25) is 14.9 Å². The predicted molar refractivity (Wildman–Crippen MR) is 73.6 cm³/mol. The number of anilines is 1. The van der Waals surface area contributed by atoms with Crippen molar-refractivity contribution in [2.45, 2.75) is 6.92 Å². The van der Waals surface area contributed by atoms with Crippen LogP contribution in [0.3, 0.4) is 0 Å². The van der Waals surface area contributed by atoms with Crippen LogP contribution in [-0.2, 0) is 4.79 Å². The number of amides is 1. The molecule has 2 aromatic rings. The second kappa shape index (κ2) is 6.46. The van der Waals surface area contributed by atoms with Crippen LogP contribution in [0.4, 0.5) is 11.7 Å². The van der Waals surface area contributed by atoms with E-state index >= 15 is 0 Å². The molecule has 1 aromatic carbocycles. The van der Waals surface area contributed by atoms with Crippen LogP contribution in [0.15, 0.2) is 28.8 Å². The van der Waals surface area contributed by atoms with E-state index in [1.165, 1.54) is 24.3 Å². The molecule has 2 N–H and O–H groups in total. The Hall–Kier alpha value is -2.97. The van der Waals surface area contributed by atoms with Crippen LogP contribution in [0.2, 0.25) is 0 Å². The molecule has 21 heavy (non-hydrogen) atoms. The number of nitrogens with zero attached hydrogens (tertiary/aromatic N) is 3. The lowest BCUT2D eigenvalue weighted by molar-refractivity contribution is -0.384. The van der Waals surface area contributed by atoms with Gasteiger partial charge >= 0.3 is 6.01 Å². The Morgan fingerprint density at radius 2 is 2.10 bits per heavy atom. The monoisotopic (exact) mass is 291 g/mol. The van der Waals surface area contributed by atoms with Crippen molar-refractivity contribution in [3.05, 3.63) is 34.4 Å². The lowest BCUT2D eigenvalue weighted by Gasteiger charge is -2.00. The number of carbonyl (C=O) groups is 1. The Morgan fingerprint density at radius 3 is 2.71 bits per heavy atom. The van der Waals surface area contributed by atoms with Crippen molar-refractivity contribution in [3.8, 4) is 11.4 Å². The topological polar surface area (TPSA) is 123 Å². The predicted octanol–water partition coefficient (Wildman–Crippen LogP) is 1.19. The molecular formula is C12H13N5O4. The molecule has 0 aliphatic carbocycles. The lowest BCUT2D eigenvalue weighted by Crippen LogP contribution is -2.29. The van der Waals surface area contributed by atoms with Crippen LogP contribution in [0, 0.1) is 10.1 Å². The normalized spacial score (nSPS) is 10.1. The summed E-state index contributed by atoms with van der Waals surface area (Å²) in [6.45, 7) is 2.38. The maximum absolute atomic E-state index is 11.3. The van der Waals surface area contributed by atoms with Gasteiger partial charge in [0.1, 0.15) is 0 Å². The molecule has 9 heteroatoms. The minimum Gasteiger partial charge on any atom is -0.355 e. The van der Waals surface area contributed by atoms with Crippen molar-refractivity contribution in [2.75, 3.05) is 18.4 Å². The summed E-state index contributed by atoms with van der Waals surface area (Å²) in [6.07, 6.45) is 0. The Bertz CT molecular complexity index is 637. The van der Waals surface area contributed by atoms with Gasteiger partial charge in [-0.1, -0.05) is 5.16 Å². The molecule has 0 bridgehead atoms. The molecule has 0 fully saturated rings. The van der Waals surface area contributed by atoms with Gasteiger partial charge in [0.25, 0.3) is 5.69 Å². The van der Waals surface area contributed by atoms with Crippen molar-refractivity contribution in [2.24, 2.45) is 0 Å². The molecule has 1 aromatic heterocycles. The molecule has 0 saturated heterocycles. The molecule has 1 heterocycles. The number of nitro benzene ring substituents is 1. The van der Waals surface area contributed by atoms with Crippen molar-refractivity contribution >= 4 is 17.6 Å². The first kappa shape index (κ1) is 14.4. The molecule has 0 aliphatic rings. The van der Waals surface area contributed by atoms with Crippen LogP contribution in [0.25, 0.3) is 11.4 Å². The van der Waals surface area contributed by atoms with Crippen molar-refractivity contribution in [3.63, 3.8) is 0 Å². The highest BCUT2D eigenvalue weighted by Crippen LogP contribution is 2.20. The van der Waals surface area contributed by atoms with E-state index in [0.29, 0.717) is 12.1 Å². The maximum atomic E-state index is 11.3. The number of benzene rings is 1. The lowest BCUT2D eigenvalue weighted by atomic mass is 10.2. The number of carbonyl (C=O) groups excluding carboxylic acids is 1. The molecule has 9 nitrogen and oxygen atoms in total. The highest BCUT2D eigenvalue weighted by atomic mass is 16.6. The molecule has 0 saturated carbocycles. The third kappa shape index (κ3) is 3.75. The number of rotatable bonds is 6. The Morgan fingerprint density at radius 1 is 1.38 bits per heavy atom. The zero-order valence-electron chi connectivity index (χ0n) is 11.2. The van der Waals surface area contributed by atoms with Gasteiger partial charge < -0.3 is 15.2 Å². The van der Waals surface area contributed by atoms with Crippen LogP contribution < -0.4 is 10.6 Å². The summed E-state index contributed by atoms with van der Waals surface area (Å²) in [4.78, 5) is 25.4. The van der Waals surface area contributed by atoms with Gasteiger partial charge in [0, 0.05) is 24.2 Å². The van der Waals surface area contributed by atoms with Gasteiger partial charge in [0.15, 0.2) is 0 Å². The van der Waals surface area contributed by atoms with E-state index in [1.54, 1.807) is 0 Å². The van der Waals surface area contributed by atoms with Crippen LogP contribution in [0.5, 0.6) is 0 Å². The summed E-state index contributed by atoms with van der Waals surface area (Å²) in [7, 11) is 0. The van der Waals surface area contributed by atoms with E-state index < -0.39 is 4.92 Å². The minimum absolute atomic E-state index is 0.0168. The maximum Gasteiger partial charge on any atom is 0.322 e. The largest absolute Gasteiger partial charge is 0.355 e. The molecule has 2 rings (SSSR count). The van der Waals surface area contributed by atoms with Crippen molar-refractivity contribution in [1.29, 1.82) is 0 Å². The number of non-ortho nitro benzene ring substituents is 1. The standard InChI is InChI=1S/C12H13N5O4/c1-2-13-10(18)7-14-12-15-11(16-21-12)8-3-5-9(6-4-8)17(19)20/h3-6H,2,7H2,1H3,(H,13,18)(H,14,15,16). The fourth-order valence-corrected chi connectivity index (χ4v) is 1.56. The summed E-state index contributed by atoms with van der Waals surface area (Å²) in [5.74, 6) is 0.0934. The SMILES string of the molecule is CCNC(=O)CNc1nc(-c2ccc([N+](=O)[O-])cc2)no1. The average Bonchev–Trinajstić information content (AvgIpc) is 2.94. The third-order valence-electron chi connectivity index (χ3n) is 2.54. The number of hydrogen-bond donors (Lipinski definition) is 2. The van der Waals surface area contributed by atoms with E-state index in [1.807, 2.05) is 6.92 Å².